The van der Waals surface area contributed by atoms with Crippen LogP contribution in [-0.4, -0.2) is 19.0 Å². The number of rotatable bonds is 2. The number of hydrogen-bond donors (Lipinski definition) is 0. The van der Waals surface area contributed by atoms with E-state index in [2.05, 4.69) is 24.8 Å². The molecule has 0 radical (unpaired) electrons. The van der Waals surface area contributed by atoms with Gasteiger partial charge in [0.25, 0.3) is 0 Å². The van der Waals surface area contributed by atoms with E-state index in [0.717, 1.165) is 45.3 Å². The molecular formula is C15H22O2. The monoisotopic (exact) mass is 234 g/mol. The van der Waals surface area contributed by atoms with E-state index in [1.165, 1.54) is 18.4 Å². The van der Waals surface area contributed by atoms with Crippen molar-refractivity contribution in [2.24, 2.45) is 0 Å². The van der Waals surface area contributed by atoms with E-state index in [1.54, 1.807) is 0 Å². The number of allylic oxidation sites excluding steroid dienone is 2. The summed E-state index contributed by atoms with van der Waals surface area (Å²) < 4.78 is 11.4. The maximum atomic E-state index is 5.70. The van der Waals surface area contributed by atoms with Gasteiger partial charge in [0.2, 0.25) is 0 Å². The van der Waals surface area contributed by atoms with E-state index in [1.807, 2.05) is 0 Å². The van der Waals surface area contributed by atoms with Crippen LogP contribution >= 0.6 is 0 Å². The Kier molecular flexibility index (Phi) is 4.65. The molecule has 1 aliphatic carbocycles. The molecule has 2 nitrogen and oxygen atoms in total. The lowest BCUT2D eigenvalue weighted by molar-refractivity contribution is -0.171. The van der Waals surface area contributed by atoms with E-state index < -0.39 is 0 Å². The Bertz CT molecular complexity index is 315. The van der Waals surface area contributed by atoms with Gasteiger partial charge in [0.1, 0.15) is 0 Å². The van der Waals surface area contributed by atoms with Gasteiger partial charge in [-0.05, 0) is 25.3 Å². The summed E-state index contributed by atoms with van der Waals surface area (Å²) in [6.45, 7) is 3.72. The number of hydrogen-bond acceptors (Lipinski definition) is 2. The Balaban J connectivity index is 1.77. The highest BCUT2D eigenvalue weighted by atomic mass is 16.7. The summed E-state index contributed by atoms with van der Waals surface area (Å²) in [5, 5.41) is 0. The lowest BCUT2D eigenvalue weighted by Gasteiger charge is -2.32. The van der Waals surface area contributed by atoms with Crippen LogP contribution in [0.1, 0.15) is 51.9 Å². The van der Waals surface area contributed by atoms with Crippen molar-refractivity contribution in [1.82, 2.24) is 0 Å². The van der Waals surface area contributed by atoms with Gasteiger partial charge in [-0.25, -0.2) is 0 Å². The molecule has 1 heterocycles. The lowest BCUT2D eigenvalue weighted by Crippen LogP contribution is -2.33. The van der Waals surface area contributed by atoms with Crippen LogP contribution in [0.4, 0.5) is 0 Å². The molecule has 2 fully saturated rings. The van der Waals surface area contributed by atoms with Crippen molar-refractivity contribution in [2.75, 3.05) is 13.2 Å². The fourth-order valence-corrected chi connectivity index (χ4v) is 2.37. The van der Waals surface area contributed by atoms with Gasteiger partial charge in [-0.3, -0.25) is 0 Å². The molecule has 1 aliphatic heterocycles. The molecule has 0 atom stereocenters. The largest absolute Gasteiger partial charge is 0.348 e. The van der Waals surface area contributed by atoms with E-state index in [9.17, 15) is 0 Å². The molecule has 2 heteroatoms. The first-order valence-electron chi connectivity index (χ1n) is 6.79. The summed E-state index contributed by atoms with van der Waals surface area (Å²) >= 11 is 0. The maximum absolute atomic E-state index is 5.70. The number of unbranched alkanes of at least 4 members (excludes halogenated alkanes) is 2. The molecule has 0 aromatic heterocycles. The molecular weight excluding hydrogens is 212 g/mol. The molecule has 1 saturated heterocycles. The zero-order chi connectivity index (χ0) is 12.0. The molecule has 0 aromatic carbocycles. The second kappa shape index (κ2) is 6.23. The zero-order valence-corrected chi connectivity index (χ0v) is 10.8. The first-order valence-corrected chi connectivity index (χ1v) is 6.79. The van der Waals surface area contributed by atoms with E-state index in [4.69, 9.17) is 9.47 Å². The highest BCUT2D eigenvalue weighted by Crippen LogP contribution is 2.37. The van der Waals surface area contributed by atoms with Crippen LogP contribution in [0.3, 0.4) is 0 Å². The second-order valence-electron chi connectivity index (χ2n) is 4.83. The fourth-order valence-electron chi connectivity index (χ4n) is 2.37. The standard InChI is InChI=1S/C15H22O2/c1-2-3-4-5-6-7-14-8-10-15(11-9-14)16-12-13-17-15/h7H,2-4,8-13H2,1H3. The maximum Gasteiger partial charge on any atom is 0.169 e. The molecule has 1 saturated carbocycles. The molecule has 0 bridgehead atoms. The predicted molar refractivity (Wildman–Crippen MR) is 68.5 cm³/mol. The molecule has 0 unspecified atom stereocenters. The summed E-state index contributed by atoms with van der Waals surface area (Å²) in [4.78, 5) is 0. The fraction of sp³-hybridized carbons (Fsp3) is 0.733. The minimum Gasteiger partial charge on any atom is -0.348 e. The highest BCUT2D eigenvalue weighted by molar-refractivity contribution is 5.22. The van der Waals surface area contributed by atoms with Crippen molar-refractivity contribution in [3.05, 3.63) is 11.6 Å². The molecule has 2 aliphatic rings. The smallest absolute Gasteiger partial charge is 0.169 e. The molecule has 2 rings (SSSR count). The minimum atomic E-state index is -0.243. The quantitative estimate of drug-likeness (QED) is 0.538. The first-order chi connectivity index (χ1) is 8.35. The van der Waals surface area contributed by atoms with E-state index in [0.29, 0.717) is 0 Å². The van der Waals surface area contributed by atoms with Gasteiger partial charge in [-0.2, -0.15) is 0 Å². The summed E-state index contributed by atoms with van der Waals surface area (Å²) in [5.41, 5.74) is 1.46. The molecule has 17 heavy (non-hydrogen) atoms. The second-order valence-corrected chi connectivity index (χ2v) is 4.83. The van der Waals surface area contributed by atoms with Crippen LogP contribution in [-0.2, 0) is 9.47 Å². The Morgan fingerprint density at radius 3 is 2.59 bits per heavy atom. The molecule has 0 amide bonds. The lowest BCUT2D eigenvalue weighted by atomic mass is 9.89. The topological polar surface area (TPSA) is 18.5 Å². The van der Waals surface area contributed by atoms with E-state index >= 15 is 0 Å². The van der Waals surface area contributed by atoms with Crippen LogP contribution < -0.4 is 0 Å². The average Bonchev–Trinajstić information content (AvgIpc) is 2.80. The van der Waals surface area contributed by atoms with Crippen molar-refractivity contribution >= 4 is 0 Å². The Morgan fingerprint density at radius 2 is 1.94 bits per heavy atom. The third kappa shape index (κ3) is 3.59. The SMILES string of the molecule is CCCCC#CC=C1CCC2(CC1)OCCO2. The van der Waals surface area contributed by atoms with Crippen molar-refractivity contribution in [1.29, 1.82) is 0 Å². The Morgan fingerprint density at radius 1 is 1.24 bits per heavy atom. The van der Waals surface area contributed by atoms with Gasteiger partial charge in [0, 0.05) is 19.3 Å². The molecule has 1 spiro atoms. The van der Waals surface area contributed by atoms with Gasteiger partial charge in [0.15, 0.2) is 5.79 Å². The summed E-state index contributed by atoms with van der Waals surface area (Å²) in [5.74, 6) is 6.14. The predicted octanol–water partition coefficient (Wildman–Crippen LogP) is 3.42. The minimum absolute atomic E-state index is 0.243. The van der Waals surface area contributed by atoms with Crippen LogP contribution in [0.25, 0.3) is 0 Å². The third-order valence-corrected chi connectivity index (χ3v) is 3.50. The molecule has 94 valence electrons. The van der Waals surface area contributed by atoms with Crippen LogP contribution in [0.2, 0.25) is 0 Å². The van der Waals surface area contributed by atoms with Crippen molar-refractivity contribution in [3.8, 4) is 11.8 Å². The Hall–Kier alpha value is -0.780. The summed E-state index contributed by atoms with van der Waals surface area (Å²) in [6, 6.07) is 0. The van der Waals surface area contributed by atoms with Crippen LogP contribution in [0, 0.1) is 11.8 Å². The summed E-state index contributed by atoms with van der Waals surface area (Å²) in [6.07, 6.45) is 9.70. The van der Waals surface area contributed by atoms with Gasteiger partial charge in [-0.1, -0.05) is 30.8 Å². The van der Waals surface area contributed by atoms with Crippen LogP contribution in [0.15, 0.2) is 11.6 Å². The highest BCUT2D eigenvalue weighted by Gasteiger charge is 2.38. The first kappa shape index (κ1) is 12.7. The molecule has 0 aromatic rings. The summed E-state index contributed by atoms with van der Waals surface area (Å²) in [7, 11) is 0. The van der Waals surface area contributed by atoms with Gasteiger partial charge in [-0.15, -0.1) is 0 Å². The van der Waals surface area contributed by atoms with Crippen LogP contribution in [0.5, 0.6) is 0 Å². The van der Waals surface area contributed by atoms with Gasteiger partial charge >= 0.3 is 0 Å². The molecule has 0 N–H and O–H groups in total. The van der Waals surface area contributed by atoms with Gasteiger partial charge in [0.05, 0.1) is 13.2 Å². The van der Waals surface area contributed by atoms with Crippen molar-refractivity contribution < 1.29 is 9.47 Å². The van der Waals surface area contributed by atoms with Gasteiger partial charge < -0.3 is 9.47 Å². The Labute approximate surface area is 104 Å². The van der Waals surface area contributed by atoms with Crippen molar-refractivity contribution in [2.45, 2.75) is 57.7 Å². The average molecular weight is 234 g/mol. The normalized spacial score (nSPS) is 22.3. The van der Waals surface area contributed by atoms with E-state index in [-0.39, 0.29) is 5.79 Å². The zero-order valence-electron chi connectivity index (χ0n) is 10.8. The number of ether oxygens (including phenoxy) is 2. The van der Waals surface area contributed by atoms with Crippen molar-refractivity contribution in [3.63, 3.8) is 0 Å². The third-order valence-electron chi connectivity index (χ3n) is 3.50.